The molecule has 0 fully saturated rings. The Labute approximate surface area is 112 Å². The Morgan fingerprint density at radius 1 is 1.61 bits per heavy atom. The van der Waals surface area contributed by atoms with E-state index in [1.165, 1.54) is 12.1 Å². The van der Waals surface area contributed by atoms with Crippen LogP contribution in [0.2, 0.25) is 0 Å². The highest BCUT2D eigenvalue weighted by Crippen LogP contribution is 2.25. The fraction of sp³-hybridized carbons (Fsp3) is 0.364. The molecular weight excluding hydrogens is 309 g/mol. The molecule has 1 atom stereocenters. The lowest BCUT2D eigenvalue weighted by molar-refractivity contribution is 0.0595. The molecule has 0 saturated carbocycles. The zero-order valence-corrected chi connectivity index (χ0v) is 11.2. The maximum Gasteiger partial charge on any atom is 0.340 e. The number of nitrogens with one attached hydrogen (secondary N) is 1. The van der Waals surface area contributed by atoms with E-state index in [9.17, 15) is 9.18 Å². The Morgan fingerprint density at radius 3 is 2.83 bits per heavy atom. The maximum absolute atomic E-state index is 13.9. The summed E-state index contributed by atoms with van der Waals surface area (Å²) < 4.78 is 18.9. The van der Waals surface area contributed by atoms with E-state index >= 15 is 0 Å². The smallest absolute Gasteiger partial charge is 0.340 e. The third-order valence-electron chi connectivity index (χ3n) is 2.18. The average Bonchev–Trinajstić information content (AvgIpc) is 2.37. The van der Waals surface area contributed by atoms with E-state index in [1.807, 2.05) is 0 Å². The molecule has 0 aliphatic carbocycles. The van der Waals surface area contributed by atoms with Crippen LogP contribution in [0.15, 0.2) is 16.6 Å². The summed E-state index contributed by atoms with van der Waals surface area (Å²) in [5.74, 6) is -1.56. The quantitative estimate of drug-likeness (QED) is 0.709. The summed E-state index contributed by atoms with van der Waals surface area (Å²) in [6.45, 7) is -0.475. The summed E-state index contributed by atoms with van der Waals surface area (Å²) >= 11 is 3.14. The first-order valence-electron chi connectivity index (χ1n) is 5.09. The summed E-state index contributed by atoms with van der Waals surface area (Å²) in [6, 6.07) is 2.72. The van der Waals surface area contributed by atoms with Gasteiger partial charge in [0.25, 0.3) is 0 Å². The van der Waals surface area contributed by atoms with Gasteiger partial charge in [0.2, 0.25) is 0 Å². The highest BCUT2D eigenvalue weighted by Gasteiger charge is 2.17. The van der Waals surface area contributed by atoms with Crippen LogP contribution in [0.3, 0.4) is 0 Å². The minimum atomic E-state index is -1.01. The van der Waals surface area contributed by atoms with Gasteiger partial charge in [-0.05, 0) is 12.1 Å². The molecule has 1 rings (SSSR count). The minimum absolute atomic E-state index is 0.0372. The number of carbonyl (C=O) groups is 1. The van der Waals surface area contributed by atoms with E-state index in [2.05, 4.69) is 26.0 Å². The molecule has 0 heterocycles. The van der Waals surface area contributed by atoms with Gasteiger partial charge in [0.15, 0.2) is 5.82 Å². The van der Waals surface area contributed by atoms with Gasteiger partial charge in [-0.2, -0.15) is 0 Å². The summed E-state index contributed by atoms with van der Waals surface area (Å²) in [5.41, 5.74) is -0.176. The second-order valence-corrected chi connectivity index (χ2v) is 4.44. The third kappa shape index (κ3) is 3.66. The predicted octanol–water partition coefficient (Wildman–Crippen LogP) is 1.14. The van der Waals surface area contributed by atoms with Crippen LogP contribution in [0, 0.1) is 5.82 Å². The van der Waals surface area contributed by atoms with Crippen molar-refractivity contribution in [3.63, 3.8) is 0 Å². The summed E-state index contributed by atoms with van der Waals surface area (Å²) in [6.07, 6.45) is -1.01. The van der Waals surface area contributed by atoms with Crippen LogP contribution in [-0.4, -0.2) is 42.5 Å². The van der Waals surface area contributed by atoms with Crippen molar-refractivity contribution in [2.75, 3.05) is 25.6 Å². The van der Waals surface area contributed by atoms with Crippen molar-refractivity contribution in [1.82, 2.24) is 0 Å². The number of ether oxygens (including phenoxy) is 1. The largest absolute Gasteiger partial charge is 0.465 e. The number of rotatable bonds is 5. The molecule has 5 nitrogen and oxygen atoms in total. The summed E-state index contributed by atoms with van der Waals surface area (Å²) in [4.78, 5) is 11.3. The second-order valence-electron chi connectivity index (χ2n) is 3.52. The number of halogens is 2. The molecule has 0 aliphatic rings. The van der Waals surface area contributed by atoms with Crippen LogP contribution in [-0.2, 0) is 4.74 Å². The Morgan fingerprint density at radius 2 is 2.28 bits per heavy atom. The number of aliphatic hydroxyl groups excluding tert-OH is 2. The number of hydrogen-bond acceptors (Lipinski definition) is 5. The van der Waals surface area contributed by atoms with Gasteiger partial charge >= 0.3 is 5.97 Å². The molecule has 1 unspecified atom stereocenters. The number of carbonyl (C=O) groups excluding carboxylic acids is 1. The monoisotopic (exact) mass is 321 g/mol. The van der Waals surface area contributed by atoms with Gasteiger partial charge in [0.05, 0.1) is 31.1 Å². The van der Waals surface area contributed by atoms with Gasteiger partial charge in [-0.25, -0.2) is 9.18 Å². The van der Waals surface area contributed by atoms with Crippen molar-refractivity contribution in [1.29, 1.82) is 0 Å². The molecule has 0 amide bonds. The molecule has 0 saturated heterocycles. The van der Waals surface area contributed by atoms with Crippen LogP contribution >= 0.6 is 15.9 Å². The Bertz CT molecular complexity index is 441. The lowest BCUT2D eigenvalue weighted by Crippen LogP contribution is -2.23. The molecule has 0 radical (unpaired) electrons. The highest BCUT2D eigenvalue weighted by molar-refractivity contribution is 9.10. The SMILES string of the molecule is COC(=O)c1cc(Br)cc(NCC(O)CO)c1F. The molecule has 1 aromatic rings. The molecule has 7 heteroatoms. The van der Waals surface area contributed by atoms with Crippen LogP contribution in [0.4, 0.5) is 10.1 Å². The minimum Gasteiger partial charge on any atom is -0.465 e. The first-order chi connectivity index (χ1) is 8.49. The molecular formula is C11H13BrFNO4. The molecule has 0 bridgehead atoms. The topological polar surface area (TPSA) is 78.8 Å². The van der Waals surface area contributed by atoms with Gasteiger partial charge in [-0.1, -0.05) is 15.9 Å². The molecule has 0 aromatic heterocycles. The lowest BCUT2D eigenvalue weighted by Gasteiger charge is -2.13. The lowest BCUT2D eigenvalue weighted by atomic mass is 10.2. The molecule has 3 N–H and O–H groups in total. The van der Waals surface area contributed by atoms with E-state index < -0.39 is 24.5 Å². The third-order valence-corrected chi connectivity index (χ3v) is 2.64. The van der Waals surface area contributed by atoms with Gasteiger partial charge in [0, 0.05) is 11.0 Å². The number of methoxy groups -OCH3 is 1. The molecule has 100 valence electrons. The van der Waals surface area contributed by atoms with E-state index in [-0.39, 0.29) is 17.8 Å². The average molecular weight is 322 g/mol. The second kappa shape index (κ2) is 6.67. The van der Waals surface area contributed by atoms with Crippen molar-refractivity contribution >= 4 is 27.6 Å². The van der Waals surface area contributed by atoms with E-state index in [0.717, 1.165) is 7.11 Å². The van der Waals surface area contributed by atoms with Crippen molar-refractivity contribution < 1.29 is 24.1 Å². The van der Waals surface area contributed by atoms with Gasteiger partial charge in [0.1, 0.15) is 0 Å². The van der Waals surface area contributed by atoms with E-state index in [0.29, 0.717) is 4.47 Å². The van der Waals surface area contributed by atoms with E-state index in [1.54, 1.807) is 0 Å². The Hall–Kier alpha value is -1.18. The zero-order valence-electron chi connectivity index (χ0n) is 9.61. The summed E-state index contributed by atoms with van der Waals surface area (Å²) in [5, 5.41) is 20.4. The molecule has 18 heavy (non-hydrogen) atoms. The molecule has 0 aliphatic heterocycles. The number of aliphatic hydroxyl groups is 2. The highest BCUT2D eigenvalue weighted by atomic mass is 79.9. The van der Waals surface area contributed by atoms with Crippen LogP contribution in [0.25, 0.3) is 0 Å². The molecule has 0 spiro atoms. The standard InChI is InChI=1S/C11H13BrFNO4/c1-18-11(17)8-2-6(12)3-9(10(8)13)14-4-7(16)5-15/h2-3,7,14-16H,4-5H2,1H3. The van der Waals surface area contributed by atoms with Crippen molar-refractivity contribution in [2.45, 2.75) is 6.10 Å². The van der Waals surface area contributed by atoms with Crippen molar-refractivity contribution in [3.8, 4) is 0 Å². The Balaban J connectivity index is 2.98. The van der Waals surface area contributed by atoms with Gasteiger partial charge in [-0.3, -0.25) is 0 Å². The number of benzene rings is 1. The van der Waals surface area contributed by atoms with Crippen molar-refractivity contribution in [2.24, 2.45) is 0 Å². The first kappa shape index (κ1) is 14.9. The Kier molecular flexibility index (Phi) is 5.52. The van der Waals surface area contributed by atoms with E-state index in [4.69, 9.17) is 10.2 Å². The van der Waals surface area contributed by atoms with Crippen LogP contribution < -0.4 is 5.32 Å². The first-order valence-corrected chi connectivity index (χ1v) is 5.89. The number of hydrogen-bond donors (Lipinski definition) is 3. The fourth-order valence-corrected chi connectivity index (χ4v) is 1.73. The fourth-order valence-electron chi connectivity index (χ4n) is 1.27. The van der Waals surface area contributed by atoms with Crippen LogP contribution in [0.1, 0.15) is 10.4 Å². The zero-order chi connectivity index (χ0) is 13.7. The summed E-state index contributed by atoms with van der Waals surface area (Å²) in [7, 11) is 1.16. The van der Waals surface area contributed by atoms with Gasteiger partial charge in [-0.15, -0.1) is 0 Å². The number of esters is 1. The van der Waals surface area contributed by atoms with Crippen molar-refractivity contribution in [3.05, 3.63) is 28.0 Å². The number of anilines is 1. The normalized spacial score (nSPS) is 12.1. The van der Waals surface area contributed by atoms with Gasteiger partial charge < -0.3 is 20.3 Å². The van der Waals surface area contributed by atoms with Crippen LogP contribution in [0.5, 0.6) is 0 Å². The molecule has 1 aromatic carbocycles. The maximum atomic E-state index is 13.9. The predicted molar refractivity (Wildman–Crippen MR) is 67.0 cm³/mol.